The Morgan fingerprint density at radius 2 is 2.14 bits per heavy atom. The Hall–Kier alpha value is -1.99. The Morgan fingerprint density at radius 1 is 1.48 bits per heavy atom. The van der Waals surface area contributed by atoms with Gasteiger partial charge >= 0.3 is 0 Å². The van der Waals surface area contributed by atoms with Crippen LogP contribution in [0.2, 0.25) is 0 Å². The fourth-order valence-corrected chi connectivity index (χ4v) is 3.13. The molecular formula is C17H18N2OS. The fraction of sp³-hybridized carbons (Fsp3) is 0.294. The highest BCUT2D eigenvalue weighted by Gasteiger charge is 2.29. The number of rotatable bonds is 4. The number of nitrogens with zero attached hydrogens (tertiary/aromatic N) is 1. The first-order chi connectivity index (χ1) is 10.0. The van der Waals surface area contributed by atoms with Gasteiger partial charge in [0, 0.05) is 18.1 Å². The van der Waals surface area contributed by atoms with Crippen LogP contribution in [-0.2, 0) is 4.79 Å². The summed E-state index contributed by atoms with van der Waals surface area (Å²) in [6.07, 6.45) is 0.323. The first kappa shape index (κ1) is 15.4. The summed E-state index contributed by atoms with van der Waals surface area (Å²) in [4.78, 5) is 11.9. The summed E-state index contributed by atoms with van der Waals surface area (Å²) >= 11 is 1.47. The summed E-state index contributed by atoms with van der Waals surface area (Å²) in [5.41, 5.74) is 3.83. The summed E-state index contributed by atoms with van der Waals surface area (Å²) in [5, 5.41) is 13.0. The summed E-state index contributed by atoms with van der Waals surface area (Å²) in [6.45, 7) is 7.81. The predicted molar refractivity (Wildman–Crippen MR) is 86.6 cm³/mol. The molecule has 0 unspecified atom stereocenters. The second-order valence-corrected chi connectivity index (χ2v) is 6.30. The van der Waals surface area contributed by atoms with Crippen molar-refractivity contribution < 1.29 is 4.79 Å². The second kappa shape index (κ2) is 6.64. The molecule has 1 aromatic carbocycles. The molecule has 0 bridgehead atoms. The molecule has 0 saturated heterocycles. The van der Waals surface area contributed by atoms with E-state index in [4.69, 9.17) is 0 Å². The highest BCUT2D eigenvalue weighted by molar-refractivity contribution is 8.03. The molecule has 0 saturated carbocycles. The average Bonchev–Trinajstić information content (AvgIpc) is 2.45. The van der Waals surface area contributed by atoms with E-state index >= 15 is 0 Å². The molecule has 21 heavy (non-hydrogen) atoms. The number of benzene rings is 1. The van der Waals surface area contributed by atoms with Crippen molar-refractivity contribution in [2.45, 2.75) is 26.2 Å². The maximum Gasteiger partial charge on any atom is 0.225 e. The highest BCUT2D eigenvalue weighted by atomic mass is 32.2. The molecule has 0 spiro atoms. The Bertz CT molecular complexity index is 638. The van der Waals surface area contributed by atoms with Gasteiger partial charge in [0.1, 0.15) is 0 Å². The first-order valence-corrected chi connectivity index (χ1v) is 7.77. The quantitative estimate of drug-likeness (QED) is 0.863. The van der Waals surface area contributed by atoms with Gasteiger partial charge in [0.05, 0.1) is 16.7 Å². The number of thioether (sulfide) groups is 1. The van der Waals surface area contributed by atoms with Crippen molar-refractivity contribution in [2.24, 2.45) is 0 Å². The van der Waals surface area contributed by atoms with Crippen LogP contribution in [0.4, 0.5) is 0 Å². The molecule has 0 fully saturated rings. The van der Waals surface area contributed by atoms with Crippen LogP contribution in [0.3, 0.4) is 0 Å². The van der Waals surface area contributed by atoms with Crippen LogP contribution in [0.25, 0.3) is 0 Å². The minimum absolute atomic E-state index is 0.0382. The fourth-order valence-electron chi connectivity index (χ4n) is 2.21. The molecule has 0 radical (unpaired) electrons. The standard InChI is InChI=1S/C17H18N2OS/c1-11(2)10-21-17-15(9-18)14(8-16(20)19-17)13-6-4-12(3)5-7-13/h4-7,14H,1,8,10H2,2-3H3,(H,19,20)/t14-/m0/s1. The third-order valence-electron chi connectivity index (χ3n) is 3.30. The van der Waals surface area contributed by atoms with Gasteiger partial charge < -0.3 is 5.32 Å². The largest absolute Gasteiger partial charge is 0.320 e. The SMILES string of the molecule is C=C(C)CSC1=C(C#N)[C@H](c2ccc(C)cc2)CC(=O)N1. The second-order valence-electron chi connectivity index (χ2n) is 5.32. The number of nitriles is 1. The van der Waals surface area contributed by atoms with E-state index in [9.17, 15) is 10.1 Å². The van der Waals surface area contributed by atoms with Gasteiger partial charge in [0.25, 0.3) is 0 Å². The highest BCUT2D eigenvalue weighted by Crippen LogP contribution is 2.36. The summed E-state index contributed by atoms with van der Waals surface area (Å²) in [5.74, 6) is 0.502. The van der Waals surface area contributed by atoms with Crippen molar-refractivity contribution >= 4 is 17.7 Å². The minimum Gasteiger partial charge on any atom is -0.320 e. The van der Waals surface area contributed by atoms with Crippen molar-refractivity contribution in [3.8, 4) is 6.07 Å². The van der Waals surface area contributed by atoms with Gasteiger partial charge in [-0.2, -0.15) is 5.26 Å². The molecule has 1 heterocycles. The van der Waals surface area contributed by atoms with E-state index in [1.165, 1.54) is 17.3 Å². The molecule has 2 rings (SSSR count). The summed E-state index contributed by atoms with van der Waals surface area (Å²) < 4.78 is 0. The topological polar surface area (TPSA) is 52.9 Å². The van der Waals surface area contributed by atoms with Gasteiger partial charge in [-0.15, -0.1) is 11.8 Å². The molecule has 1 aliphatic rings. The van der Waals surface area contributed by atoms with Gasteiger partial charge in [-0.3, -0.25) is 4.79 Å². The molecule has 4 heteroatoms. The van der Waals surface area contributed by atoms with Crippen LogP contribution in [0.5, 0.6) is 0 Å². The zero-order chi connectivity index (χ0) is 15.4. The van der Waals surface area contributed by atoms with Crippen LogP contribution in [0.1, 0.15) is 30.4 Å². The third-order valence-corrected chi connectivity index (χ3v) is 4.55. The Morgan fingerprint density at radius 3 is 2.71 bits per heavy atom. The van der Waals surface area contributed by atoms with E-state index in [0.717, 1.165) is 11.1 Å². The molecular weight excluding hydrogens is 280 g/mol. The van der Waals surface area contributed by atoms with Gasteiger partial charge in [-0.05, 0) is 19.4 Å². The monoisotopic (exact) mass is 298 g/mol. The van der Waals surface area contributed by atoms with Crippen LogP contribution in [-0.4, -0.2) is 11.7 Å². The zero-order valence-corrected chi connectivity index (χ0v) is 13.1. The number of allylic oxidation sites excluding steroid dienone is 1. The Balaban J connectivity index is 2.36. The van der Waals surface area contributed by atoms with Crippen molar-refractivity contribution in [1.29, 1.82) is 5.26 Å². The first-order valence-electron chi connectivity index (χ1n) is 6.79. The van der Waals surface area contributed by atoms with E-state index in [0.29, 0.717) is 22.8 Å². The van der Waals surface area contributed by atoms with Crippen LogP contribution in [0.15, 0.2) is 47.0 Å². The normalized spacial score (nSPS) is 18.1. The number of aryl methyl sites for hydroxylation is 1. The molecule has 0 aliphatic carbocycles. The lowest BCUT2D eigenvalue weighted by atomic mass is 9.87. The van der Waals surface area contributed by atoms with E-state index in [2.05, 4.69) is 18.0 Å². The molecule has 3 nitrogen and oxygen atoms in total. The molecule has 0 aromatic heterocycles. The molecule has 1 N–H and O–H groups in total. The lowest BCUT2D eigenvalue weighted by Gasteiger charge is -2.25. The number of nitrogens with one attached hydrogen (secondary N) is 1. The van der Waals surface area contributed by atoms with E-state index in [1.54, 1.807) is 0 Å². The maximum absolute atomic E-state index is 11.9. The van der Waals surface area contributed by atoms with Gasteiger partial charge in [0.2, 0.25) is 5.91 Å². The van der Waals surface area contributed by atoms with E-state index in [-0.39, 0.29) is 11.8 Å². The van der Waals surface area contributed by atoms with Crippen LogP contribution in [0, 0.1) is 18.3 Å². The number of hydrogen-bond donors (Lipinski definition) is 1. The lowest BCUT2D eigenvalue weighted by molar-refractivity contribution is -0.120. The average molecular weight is 298 g/mol. The number of carbonyl (C=O) groups excluding carboxylic acids is 1. The number of carbonyl (C=O) groups is 1. The van der Waals surface area contributed by atoms with Crippen molar-refractivity contribution in [3.05, 3.63) is 58.1 Å². The molecule has 1 aromatic rings. The van der Waals surface area contributed by atoms with Crippen molar-refractivity contribution in [3.63, 3.8) is 0 Å². The Labute approximate surface area is 129 Å². The summed E-state index contributed by atoms with van der Waals surface area (Å²) in [6, 6.07) is 10.3. The number of amides is 1. The molecule has 108 valence electrons. The smallest absolute Gasteiger partial charge is 0.225 e. The molecule has 1 amide bonds. The van der Waals surface area contributed by atoms with Crippen LogP contribution < -0.4 is 5.32 Å². The maximum atomic E-state index is 11.9. The number of hydrogen-bond acceptors (Lipinski definition) is 3. The van der Waals surface area contributed by atoms with E-state index in [1.807, 2.05) is 38.1 Å². The van der Waals surface area contributed by atoms with Crippen LogP contribution >= 0.6 is 11.8 Å². The molecule has 1 atom stereocenters. The van der Waals surface area contributed by atoms with Gasteiger partial charge in [-0.1, -0.05) is 42.0 Å². The van der Waals surface area contributed by atoms with Gasteiger partial charge in [-0.25, -0.2) is 0 Å². The third kappa shape index (κ3) is 3.77. The van der Waals surface area contributed by atoms with Gasteiger partial charge in [0.15, 0.2) is 0 Å². The van der Waals surface area contributed by atoms with E-state index < -0.39 is 0 Å². The lowest BCUT2D eigenvalue weighted by Crippen LogP contribution is -2.31. The minimum atomic E-state index is -0.156. The van der Waals surface area contributed by atoms with Crippen molar-refractivity contribution in [2.75, 3.05) is 5.75 Å². The summed E-state index contributed by atoms with van der Waals surface area (Å²) in [7, 11) is 0. The molecule has 1 aliphatic heterocycles. The Kier molecular flexibility index (Phi) is 4.87. The zero-order valence-electron chi connectivity index (χ0n) is 12.3. The van der Waals surface area contributed by atoms with Crippen molar-refractivity contribution in [1.82, 2.24) is 5.32 Å². The predicted octanol–water partition coefficient (Wildman–Crippen LogP) is 3.64.